The summed E-state index contributed by atoms with van der Waals surface area (Å²) in [7, 11) is 0. The van der Waals surface area contributed by atoms with Gasteiger partial charge in [0.15, 0.2) is 0 Å². The van der Waals surface area contributed by atoms with Crippen molar-refractivity contribution in [1.82, 2.24) is 29.9 Å². The molecule has 33 heavy (non-hydrogen) atoms. The summed E-state index contributed by atoms with van der Waals surface area (Å²) in [5.41, 5.74) is -0.866. The van der Waals surface area contributed by atoms with Crippen molar-refractivity contribution in [2.75, 3.05) is 18.4 Å². The first kappa shape index (κ1) is 22.6. The maximum atomic E-state index is 14.8. The van der Waals surface area contributed by atoms with Crippen LogP contribution < -0.4 is 5.32 Å². The van der Waals surface area contributed by atoms with E-state index in [4.69, 9.17) is 0 Å². The van der Waals surface area contributed by atoms with Crippen molar-refractivity contribution in [2.24, 2.45) is 5.92 Å². The number of benzene rings is 1. The van der Waals surface area contributed by atoms with Gasteiger partial charge in [-0.1, -0.05) is 13.0 Å². The summed E-state index contributed by atoms with van der Waals surface area (Å²) in [6, 6.07) is 3.89. The number of aromatic nitrogens is 5. The molecule has 0 spiro atoms. The summed E-state index contributed by atoms with van der Waals surface area (Å²) in [6.07, 6.45) is 1.31. The van der Waals surface area contributed by atoms with Crippen molar-refractivity contribution in [3.8, 4) is 5.69 Å². The number of alkyl halides is 3. The molecule has 2 aromatic heterocycles. The molecule has 0 aliphatic carbocycles. The monoisotopic (exact) mass is 463 g/mol. The SMILES string of the molecule is C[C@@H]1CCCN(C(=O)c2c(F)cccc2-n2nccn2)C1CNc1ncc(C(F)(F)F)cn1. The van der Waals surface area contributed by atoms with Gasteiger partial charge in [0, 0.05) is 25.5 Å². The van der Waals surface area contributed by atoms with E-state index in [1.807, 2.05) is 6.92 Å². The molecule has 3 heterocycles. The lowest BCUT2D eigenvalue weighted by Gasteiger charge is -2.40. The van der Waals surface area contributed by atoms with Crippen LogP contribution in [0.5, 0.6) is 0 Å². The Kier molecular flexibility index (Phi) is 6.25. The molecule has 1 N–H and O–H groups in total. The van der Waals surface area contributed by atoms with Gasteiger partial charge in [-0.05, 0) is 30.9 Å². The van der Waals surface area contributed by atoms with Gasteiger partial charge in [-0.3, -0.25) is 4.79 Å². The summed E-state index contributed by atoms with van der Waals surface area (Å²) in [5.74, 6) is -1.12. The van der Waals surface area contributed by atoms with Crippen LogP contribution in [0.4, 0.5) is 23.5 Å². The number of nitrogens with zero attached hydrogens (tertiary/aromatic N) is 6. The molecule has 1 aliphatic rings. The van der Waals surface area contributed by atoms with Crippen LogP contribution in [-0.4, -0.2) is 54.9 Å². The average molecular weight is 463 g/mol. The van der Waals surface area contributed by atoms with E-state index in [9.17, 15) is 22.4 Å². The number of carbonyl (C=O) groups is 1. The fourth-order valence-electron chi connectivity index (χ4n) is 3.95. The molecule has 1 amide bonds. The highest BCUT2D eigenvalue weighted by Gasteiger charge is 2.35. The van der Waals surface area contributed by atoms with Crippen molar-refractivity contribution in [1.29, 1.82) is 0 Å². The number of halogens is 4. The topological polar surface area (TPSA) is 88.8 Å². The third-order valence-corrected chi connectivity index (χ3v) is 5.66. The van der Waals surface area contributed by atoms with E-state index < -0.39 is 23.5 Å². The van der Waals surface area contributed by atoms with Gasteiger partial charge in [0.2, 0.25) is 5.95 Å². The minimum Gasteiger partial charge on any atom is -0.352 e. The van der Waals surface area contributed by atoms with Crippen molar-refractivity contribution in [2.45, 2.75) is 32.0 Å². The highest BCUT2D eigenvalue weighted by Crippen LogP contribution is 2.29. The number of carbonyl (C=O) groups excluding carboxylic acids is 1. The third kappa shape index (κ3) is 4.78. The molecular formula is C21H21F4N7O. The Bertz CT molecular complexity index is 1100. The molecule has 2 atom stereocenters. The fraction of sp³-hybridized carbons (Fsp3) is 0.381. The Morgan fingerprint density at radius 2 is 1.88 bits per heavy atom. The standard InChI is InChI=1S/C21H21F4N7O/c1-13-4-3-9-31(17(13)12-28-20-26-10-14(11-27-20)21(23,24)25)19(33)18-15(22)5-2-6-16(18)32-29-7-8-30-32/h2,5-8,10-11,13,17H,3-4,9,12H2,1H3,(H,26,27,28)/t13-,17?/m1/s1. The number of anilines is 1. The van der Waals surface area contributed by atoms with Crippen molar-refractivity contribution >= 4 is 11.9 Å². The molecule has 1 unspecified atom stereocenters. The second kappa shape index (κ2) is 9.12. The maximum Gasteiger partial charge on any atom is 0.419 e. The number of likely N-dealkylation sites (tertiary alicyclic amines) is 1. The smallest absolute Gasteiger partial charge is 0.352 e. The van der Waals surface area contributed by atoms with Crippen molar-refractivity contribution in [3.63, 3.8) is 0 Å². The molecule has 174 valence electrons. The Morgan fingerprint density at radius 1 is 1.18 bits per heavy atom. The van der Waals surface area contributed by atoms with E-state index in [0.29, 0.717) is 18.9 Å². The zero-order valence-corrected chi connectivity index (χ0v) is 17.6. The van der Waals surface area contributed by atoms with Crippen LogP contribution in [0.2, 0.25) is 0 Å². The van der Waals surface area contributed by atoms with E-state index >= 15 is 0 Å². The van der Waals surface area contributed by atoms with Crippen LogP contribution in [0.3, 0.4) is 0 Å². The van der Waals surface area contributed by atoms with Crippen LogP contribution in [-0.2, 0) is 6.18 Å². The van der Waals surface area contributed by atoms with E-state index in [1.165, 1.54) is 29.3 Å². The molecule has 1 saturated heterocycles. The van der Waals surface area contributed by atoms with Gasteiger partial charge in [0.05, 0.1) is 24.0 Å². The third-order valence-electron chi connectivity index (χ3n) is 5.66. The van der Waals surface area contributed by atoms with Crippen LogP contribution in [0.1, 0.15) is 35.7 Å². The normalized spacial score (nSPS) is 18.9. The summed E-state index contributed by atoms with van der Waals surface area (Å²) < 4.78 is 53.0. The van der Waals surface area contributed by atoms with Crippen molar-refractivity contribution < 1.29 is 22.4 Å². The molecule has 4 rings (SSSR count). The molecule has 0 bridgehead atoms. The quantitative estimate of drug-likeness (QED) is 0.582. The van der Waals surface area contributed by atoms with Crippen LogP contribution >= 0.6 is 0 Å². The van der Waals surface area contributed by atoms with Crippen LogP contribution in [0.25, 0.3) is 5.69 Å². The number of hydrogen-bond acceptors (Lipinski definition) is 6. The lowest BCUT2D eigenvalue weighted by Crippen LogP contribution is -2.51. The van der Waals surface area contributed by atoms with Gasteiger partial charge in [-0.15, -0.1) is 0 Å². The second-order valence-corrected chi connectivity index (χ2v) is 7.81. The summed E-state index contributed by atoms with van der Waals surface area (Å²) in [4.78, 5) is 23.7. The van der Waals surface area contributed by atoms with Gasteiger partial charge in [0.1, 0.15) is 17.1 Å². The minimum atomic E-state index is -4.53. The molecule has 1 aliphatic heterocycles. The fourth-order valence-corrected chi connectivity index (χ4v) is 3.95. The molecule has 1 fully saturated rings. The maximum absolute atomic E-state index is 14.8. The lowest BCUT2D eigenvalue weighted by atomic mass is 9.90. The Balaban J connectivity index is 1.56. The zero-order valence-electron chi connectivity index (χ0n) is 17.6. The van der Waals surface area contributed by atoms with Gasteiger partial charge in [-0.2, -0.15) is 28.2 Å². The number of hydrogen-bond donors (Lipinski definition) is 1. The van der Waals surface area contributed by atoms with Crippen molar-refractivity contribution in [3.05, 3.63) is 59.9 Å². The predicted octanol–water partition coefficient (Wildman–Crippen LogP) is 3.57. The molecule has 3 aromatic rings. The molecule has 12 heteroatoms. The van der Waals surface area contributed by atoms with Crippen LogP contribution in [0.15, 0.2) is 43.0 Å². The van der Waals surface area contributed by atoms with Gasteiger partial charge in [0.25, 0.3) is 5.91 Å². The predicted molar refractivity (Wildman–Crippen MR) is 110 cm³/mol. The summed E-state index contributed by atoms with van der Waals surface area (Å²) in [5, 5.41) is 10.9. The molecule has 0 radical (unpaired) electrons. The Labute approximate surface area is 186 Å². The average Bonchev–Trinajstić information content (AvgIpc) is 3.32. The summed E-state index contributed by atoms with van der Waals surface area (Å²) in [6.45, 7) is 2.57. The van der Waals surface area contributed by atoms with E-state index in [2.05, 4.69) is 25.5 Å². The summed E-state index contributed by atoms with van der Waals surface area (Å²) >= 11 is 0. The second-order valence-electron chi connectivity index (χ2n) is 7.81. The van der Waals surface area contributed by atoms with Crippen LogP contribution in [0, 0.1) is 11.7 Å². The highest BCUT2D eigenvalue weighted by atomic mass is 19.4. The van der Waals surface area contributed by atoms with Gasteiger partial charge in [-0.25, -0.2) is 14.4 Å². The number of amides is 1. The molecular weight excluding hydrogens is 442 g/mol. The van der Waals surface area contributed by atoms with Gasteiger partial charge >= 0.3 is 6.18 Å². The van der Waals surface area contributed by atoms with E-state index in [0.717, 1.165) is 12.8 Å². The number of rotatable bonds is 5. The molecule has 8 nitrogen and oxygen atoms in total. The molecule has 0 saturated carbocycles. The van der Waals surface area contributed by atoms with E-state index in [-0.39, 0.29) is 35.7 Å². The molecule has 1 aromatic carbocycles. The van der Waals surface area contributed by atoms with Gasteiger partial charge < -0.3 is 10.2 Å². The first-order valence-electron chi connectivity index (χ1n) is 10.3. The minimum absolute atomic E-state index is 0.0143. The first-order valence-corrected chi connectivity index (χ1v) is 10.3. The largest absolute Gasteiger partial charge is 0.419 e. The Hall–Kier alpha value is -3.57. The van der Waals surface area contributed by atoms with E-state index in [1.54, 1.807) is 11.0 Å². The zero-order chi connectivity index (χ0) is 23.6. The Morgan fingerprint density at radius 3 is 2.55 bits per heavy atom. The number of nitrogens with one attached hydrogen (secondary N) is 1. The lowest BCUT2D eigenvalue weighted by molar-refractivity contribution is -0.138. The number of piperidine rings is 1. The first-order chi connectivity index (χ1) is 15.8. The highest BCUT2D eigenvalue weighted by molar-refractivity contribution is 5.98.